The van der Waals surface area contributed by atoms with Crippen LogP contribution in [0.1, 0.15) is 15.2 Å². The number of nitrogens with zero attached hydrogens (tertiary/aromatic N) is 1. The molecule has 1 amide bonds. The third-order valence-electron chi connectivity index (χ3n) is 2.71. The monoisotopic (exact) mass is 294 g/mol. The number of thiophene rings is 1. The predicted molar refractivity (Wildman–Crippen MR) is 79.6 cm³/mol. The van der Waals surface area contributed by atoms with E-state index in [1.54, 1.807) is 11.0 Å². The van der Waals surface area contributed by atoms with Crippen molar-refractivity contribution in [3.8, 4) is 0 Å². The molecule has 2 rings (SSSR count). The van der Waals surface area contributed by atoms with Crippen molar-refractivity contribution in [2.24, 2.45) is 5.73 Å². The minimum atomic E-state index is -0.0608. The van der Waals surface area contributed by atoms with E-state index in [1.807, 2.05) is 35.7 Å². The Morgan fingerprint density at radius 2 is 2.00 bits per heavy atom. The smallest absolute Gasteiger partial charge is 0.265 e. The van der Waals surface area contributed by atoms with Gasteiger partial charge in [-0.15, -0.1) is 11.3 Å². The van der Waals surface area contributed by atoms with Crippen LogP contribution in [0.25, 0.3) is 0 Å². The Bertz CT molecular complexity index is 541. The molecule has 0 aliphatic heterocycles. The Kier molecular flexibility index (Phi) is 4.96. The number of halogens is 1. The summed E-state index contributed by atoms with van der Waals surface area (Å²) in [5.74, 6) is -0.0608. The average Bonchev–Trinajstić information content (AvgIpc) is 2.85. The summed E-state index contributed by atoms with van der Waals surface area (Å²) in [7, 11) is 0. The molecule has 0 fully saturated rings. The Morgan fingerprint density at radius 3 is 2.58 bits per heavy atom. The van der Waals surface area contributed by atoms with Crippen molar-refractivity contribution < 1.29 is 4.79 Å². The molecule has 0 aliphatic rings. The molecule has 0 saturated carbocycles. The van der Waals surface area contributed by atoms with Crippen molar-refractivity contribution in [2.45, 2.75) is 6.54 Å². The third kappa shape index (κ3) is 3.56. The van der Waals surface area contributed by atoms with E-state index in [1.165, 1.54) is 11.3 Å². The SMILES string of the molecule is NCCN(Cc1ccccc1)C(=O)c1sccc1Cl. The summed E-state index contributed by atoms with van der Waals surface area (Å²) in [6.07, 6.45) is 0. The van der Waals surface area contributed by atoms with Crippen molar-refractivity contribution in [2.75, 3.05) is 13.1 Å². The standard InChI is InChI=1S/C14H15ClN2OS/c15-12-6-9-19-13(12)14(18)17(8-7-16)10-11-4-2-1-3-5-11/h1-6,9H,7-8,10,16H2. The quantitative estimate of drug-likeness (QED) is 0.921. The first-order valence-corrected chi connectivity index (χ1v) is 7.24. The summed E-state index contributed by atoms with van der Waals surface area (Å²) in [6.45, 7) is 1.49. The van der Waals surface area contributed by atoms with Gasteiger partial charge in [0.2, 0.25) is 0 Å². The van der Waals surface area contributed by atoms with Crippen molar-refractivity contribution in [1.82, 2.24) is 4.90 Å². The van der Waals surface area contributed by atoms with Gasteiger partial charge in [0.1, 0.15) is 4.88 Å². The highest BCUT2D eigenvalue weighted by atomic mass is 35.5. The Labute approximate surface area is 121 Å². The van der Waals surface area contributed by atoms with Crippen LogP contribution in [0.2, 0.25) is 5.02 Å². The number of rotatable bonds is 5. The second-order valence-corrected chi connectivity index (χ2v) is 5.42. The summed E-state index contributed by atoms with van der Waals surface area (Å²) < 4.78 is 0. The molecule has 0 aliphatic carbocycles. The van der Waals surface area contributed by atoms with Crippen LogP contribution in [0.3, 0.4) is 0 Å². The lowest BCUT2D eigenvalue weighted by molar-refractivity contribution is 0.0753. The van der Waals surface area contributed by atoms with E-state index in [0.717, 1.165) is 5.56 Å². The van der Waals surface area contributed by atoms with E-state index < -0.39 is 0 Å². The van der Waals surface area contributed by atoms with E-state index in [-0.39, 0.29) is 5.91 Å². The first-order chi connectivity index (χ1) is 9.22. The van der Waals surface area contributed by atoms with E-state index >= 15 is 0 Å². The number of hydrogen-bond donors (Lipinski definition) is 1. The van der Waals surface area contributed by atoms with Crippen LogP contribution < -0.4 is 5.73 Å². The zero-order valence-corrected chi connectivity index (χ0v) is 12.0. The zero-order valence-electron chi connectivity index (χ0n) is 10.4. The van der Waals surface area contributed by atoms with Gasteiger partial charge in [0.15, 0.2) is 0 Å². The van der Waals surface area contributed by atoms with Crippen LogP contribution in [0.15, 0.2) is 41.8 Å². The first kappa shape index (κ1) is 14.1. The van der Waals surface area contributed by atoms with Gasteiger partial charge >= 0.3 is 0 Å². The summed E-state index contributed by atoms with van der Waals surface area (Å²) >= 11 is 7.37. The highest BCUT2D eigenvalue weighted by Gasteiger charge is 2.19. The van der Waals surface area contributed by atoms with Gasteiger partial charge < -0.3 is 10.6 Å². The average molecular weight is 295 g/mol. The number of nitrogens with two attached hydrogens (primary N) is 1. The van der Waals surface area contributed by atoms with Gasteiger partial charge in [-0.05, 0) is 17.0 Å². The summed E-state index contributed by atoms with van der Waals surface area (Å²) in [5.41, 5.74) is 6.67. The molecule has 19 heavy (non-hydrogen) atoms. The number of benzene rings is 1. The molecule has 1 aromatic heterocycles. The molecule has 1 aromatic carbocycles. The number of amides is 1. The molecule has 1 heterocycles. The highest BCUT2D eigenvalue weighted by Crippen LogP contribution is 2.24. The Balaban J connectivity index is 2.16. The molecule has 0 unspecified atom stereocenters. The minimum Gasteiger partial charge on any atom is -0.332 e. The fourth-order valence-corrected chi connectivity index (χ4v) is 2.90. The molecule has 0 atom stereocenters. The highest BCUT2D eigenvalue weighted by molar-refractivity contribution is 7.12. The molecule has 100 valence electrons. The van der Waals surface area contributed by atoms with E-state index in [9.17, 15) is 4.79 Å². The van der Waals surface area contributed by atoms with Crippen LogP contribution in [-0.4, -0.2) is 23.9 Å². The molecule has 0 saturated heterocycles. The maximum Gasteiger partial charge on any atom is 0.265 e. The lowest BCUT2D eigenvalue weighted by Gasteiger charge is -2.21. The second kappa shape index (κ2) is 6.70. The summed E-state index contributed by atoms with van der Waals surface area (Å²) in [6, 6.07) is 11.6. The van der Waals surface area contributed by atoms with Crippen LogP contribution in [0.5, 0.6) is 0 Å². The van der Waals surface area contributed by atoms with Crippen LogP contribution >= 0.6 is 22.9 Å². The lowest BCUT2D eigenvalue weighted by atomic mass is 10.2. The van der Waals surface area contributed by atoms with Crippen molar-refractivity contribution in [3.05, 3.63) is 57.2 Å². The van der Waals surface area contributed by atoms with Crippen molar-refractivity contribution in [1.29, 1.82) is 0 Å². The summed E-state index contributed by atoms with van der Waals surface area (Å²) in [5, 5.41) is 2.32. The largest absolute Gasteiger partial charge is 0.332 e. The van der Waals surface area contributed by atoms with Gasteiger partial charge in [-0.25, -0.2) is 0 Å². The van der Waals surface area contributed by atoms with Gasteiger partial charge in [0.05, 0.1) is 5.02 Å². The van der Waals surface area contributed by atoms with Gasteiger partial charge in [0, 0.05) is 19.6 Å². The third-order valence-corrected chi connectivity index (χ3v) is 4.04. The Hall–Kier alpha value is -1.36. The van der Waals surface area contributed by atoms with E-state index in [4.69, 9.17) is 17.3 Å². The van der Waals surface area contributed by atoms with Crippen LogP contribution in [-0.2, 0) is 6.54 Å². The molecule has 0 bridgehead atoms. The molecule has 0 radical (unpaired) electrons. The first-order valence-electron chi connectivity index (χ1n) is 5.98. The van der Waals surface area contributed by atoms with Crippen molar-refractivity contribution >= 4 is 28.8 Å². The number of carbonyl (C=O) groups excluding carboxylic acids is 1. The van der Waals surface area contributed by atoms with Gasteiger partial charge in [-0.3, -0.25) is 4.79 Å². The van der Waals surface area contributed by atoms with E-state index in [2.05, 4.69) is 0 Å². The number of carbonyl (C=O) groups is 1. The number of hydrogen-bond acceptors (Lipinski definition) is 3. The zero-order chi connectivity index (χ0) is 13.7. The predicted octanol–water partition coefficient (Wildman–Crippen LogP) is 3.00. The van der Waals surface area contributed by atoms with E-state index in [0.29, 0.717) is 29.5 Å². The lowest BCUT2D eigenvalue weighted by Crippen LogP contribution is -2.34. The topological polar surface area (TPSA) is 46.3 Å². The fourth-order valence-electron chi connectivity index (χ4n) is 1.80. The van der Waals surface area contributed by atoms with Gasteiger partial charge in [-0.1, -0.05) is 41.9 Å². The molecule has 0 spiro atoms. The van der Waals surface area contributed by atoms with Crippen LogP contribution in [0, 0.1) is 0 Å². The molecular weight excluding hydrogens is 280 g/mol. The molecular formula is C14H15ClN2OS. The maximum atomic E-state index is 12.4. The van der Waals surface area contributed by atoms with Crippen LogP contribution in [0.4, 0.5) is 0 Å². The molecule has 2 N–H and O–H groups in total. The summed E-state index contributed by atoms with van der Waals surface area (Å²) in [4.78, 5) is 14.7. The second-order valence-electron chi connectivity index (χ2n) is 4.10. The fraction of sp³-hybridized carbons (Fsp3) is 0.214. The molecule has 3 nitrogen and oxygen atoms in total. The van der Waals surface area contributed by atoms with Crippen molar-refractivity contribution in [3.63, 3.8) is 0 Å². The van der Waals surface area contributed by atoms with Gasteiger partial charge in [-0.2, -0.15) is 0 Å². The normalized spacial score (nSPS) is 10.4. The maximum absolute atomic E-state index is 12.4. The minimum absolute atomic E-state index is 0.0608. The molecule has 5 heteroatoms. The Morgan fingerprint density at radius 1 is 1.26 bits per heavy atom. The van der Waals surface area contributed by atoms with Gasteiger partial charge in [0.25, 0.3) is 5.91 Å². The molecule has 2 aromatic rings.